The first-order valence-electron chi connectivity index (χ1n) is 17.8. The molecule has 1 unspecified atom stereocenters. The third kappa shape index (κ3) is 7.67. The number of hydrogen-bond donors (Lipinski definition) is 3. The van der Waals surface area contributed by atoms with E-state index in [1.807, 2.05) is 50.8 Å². The van der Waals surface area contributed by atoms with Gasteiger partial charge in [-0.25, -0.2) is 18.2 Å². The molecule has 3 heterocycles. The molecule has 3 N–H and O–H groups in total. The molecule has 6 rings (SSSR count). The van der Waals surface area contributed by atoms with E-state index in [-0.39, 0.29) is 12.8 Å². The van der Waals surface area contributed by atoms with Crippen LogP contribution in [-0.2, 0) is 30.8 Å². The Kier molecular flexibility index (Phi) is 9.58. The average molecular weight is 726 g/mol. The average Bonchev–Trinajstić information content (AvgIpc) is 3.92. The van der Waals surface area contributed by atoms with E-state index in [0.29, 0.717) is 31.9 Å². The Bertz CT molecular complexity index is 1830. The van der Waals surface area contributed by atoms with Gasteiger partial charge in [-0.05, 0) is 76.0 Å². The van der Waals surface area contributed by atoms with Crippen LogP contribution in [0.5, 0.6) is 11.6 Å². The maximum Gasteiger partial charge on any atom is 0.407 e. The van der Waals surface area contributed by atoms with Gasteiger partial charge in [-0.15, -0.1) is 6.58 Å². The van der Waals surface area contributed by atoms with Crippen molar-refractivity contribution in [3.63, 3.8) is 0 Å². The van der Waals surface area contributed by atoms with E-state index >= 15 is 0 Å². The predicted molar refractivity (Wildman–Crippen MR) is 192 cm³/mol. The summed E-state index contributed by atoms with van der Waals surface area (Å²) in [7, 11) is -3.84. The van der Waals surface area contributed by atoms with Crippen molar-refractivity contribution in [1.82, 2.24) is 25.2 Å². The molecule has 3 amide bonds. The van der Waals surface area contributed by atoms with Gasteiger partial charge < -0.3 is 24.8 Å². The third-order valence-corrected chi connectivity index (χ3v) is 12.1. The van der Waals surface area contributed by atoms with Crippen LogP contribution in [0.2, 0.25) is 0 Å². The number of amides is 3. The van der Waals surface area contributed by atoms with E-state index < -0.39 is 79.9 Å². The molecule has 2 saturated carbocycles. The molecule has 4 aliphatic rings. The number of sulfonamides is 1. The summed E-state index contributed by atoms with van der Waals surface area (Å²) in [4.78, 5) is 47.6. The van der Waals surface area contributed by atoms with Crippen LogP contribution < -0.4 is 24.8 Å². The molecule has 1 aromatic carbocycles. The Morgan fingerprint density at radius 3 is 2.47 bits per heavy atom. The van der Waals surface area contributed by atoms with Gasteiger partial charge in [-0.1, -0.05) is 26.8 Å². The highest BCUT2D eigenvalue weighted by molar-refractivity contribution is 7.91. The number of carbonyl (C=O) groups is 3. The minimum absolute atomic E-state index is 0.231. The van der Waals surface area contributed by atoms with Gasteiger partial charge in [-0.2, -0.15) is 0 Å². The van der Waals surface area contributed by atoms with E-state index in [2.05, 4.69) is 26.9 Å². The number of ether oxygens (including phenoxy) is 3. The highest BCUT2D eigenvalue weighted by Crippen LogP contribution is 2.46. The molecule has 0 radical (unpaired) electrons. The van der Waals surface area contributed by atoms with Crippen LogP contribution in [0.15, 0.2) is 37.1 Å². The number of rotatable bonds is 11. The maximum atomic E-state index is 14.4. The Morgan fingerprint density at radius 1 is 1.12 bits per heavy atom. The molecule has 1 aromatic heterocycles. The molecule has 1 saturated heterocycles. The Balaban J connectivity index is 1.29. The van der Waals surface area contributed by atoms with Gasteiger partial charge in [-0.3, -0.25) is 19.2 Å². The normalized spacial score (nSPS) is 26.0. The molecule has 278 valence electrons. The number of aromatic nitrogens is 1. The number of alkyl carbamates (subject to hydrolysis) is 1. The summed E-state index contributed by atoms with van der Waals surface area (Å²) < 4.78 is 45.6. The van der Waals surface area contributed by atoms with Gasteiger partial charge in [0, 0.05) is 48.5 Å². The van der Waals surface area contributed by atoms with Gasteiger partial charge in [0.25, 0.3) is 5.91 Å². The minimum Gasteiger partial charge on any atom is -0.493 e. The minimum atomic E-state index is -3.84. The lowest BCUT2D eigenvalue weighted by molar-refractivity contribution is -0.132. The van der Waals surface area contributed by atoms with Gasteiger partial charge >= 0.3 is 6.09 Å². The van der Waals surface area contributed by atoms with Crippen LogP contribution in [0.25, 0.3) is 10.8 Å². The van der Waals surface area contributed by atoms with Crippen molar-refractivity contribution in [2.24, 2.45) is 11.3 Å². The summed E-state index contributed by atoms with van der Waals surface area (Å²) in [5.74, 6) is -0.341. The van der Waals surface area contributed by atoms with Gasteiger partial charge in [0.15, 0.2) is 0 Å². The van der Waals surface area contributed by atoms with Crippen molar-refractivity contribution in [2.75, 3.05) is 13.2 Å². The van der Waals surface area contributed by atoms with Crippen LogP contribution in [0.3, 0.4) is 0 Å². The van der Waals surface area contributed by atoms with Crippen molar-refractivity contribution in [3.8, 4) is 11.6 Å². The smallest absolute Gasteiger partial charge is 0.407 e. The van der Waals surface area contributed by atoms with Crippen LogP contribution >= 0.6 is 0 Å². The fraction of sp³-hybridized carbons (Fsp3) is 0.622. The molecular weight excluding hydrogens is 675 g/mol. The van der Waals surface area contributed by atoms with E-state index in [4.69, 9.17) is 14.2 Å². The fourth-order valence-electron chi connectivity index (χ4n) is 7.50. The molecule has 0 spiro atoms. The number of benzene rings is 1. The Morgan fingerprint density at radius 2 is 1.84 bits per heavy atom. The molecular formula is C37H51N5O8S. The molecule has 13 nitrogen and oxygen atoms in total. The number of carbonyl (C=O) groups excluding carboxylic acids is 3. The topological polar surface area (TPSA) is 165 Å². The van der Waals surface area contributed by atoms with Crippen molar-refractivity contribution in [2.45, 2.75) is 121 Å². The Hall–Kier alpha value is -3.91. The van der Waals surface area contributed by atoms with Crippen molar-refractivity contribution < 1.29 is 37.0 Å². The summed E-state index contributed by atoms with van der Waals surface area (Å²) in [5.41, 5.74) is -1.50. The van der Waals surface area contributed by atoms with Gasteiger partial charge in [0.05, 0.1) is 23.9 Å². The van der Waals surface area contributed by atoms with Gasteiger partial charge in [0.1, 0.15) is 23.0 Å². The van der Waals surface area contributed by atoms with Crippen molar-refractivity contribution in [3.05, 3.63) is 42.6 Å². The monoisotopic (exact) mass is 725 g/mol. The highest BCUT2D eigenvalue weighted by atomic mass is 32.2. The van der Waals surface area contributed by atoms with Crippen LogP contribution in [0.4, 0.5) is 4.79 Å². The second-order valence-corrected chi connectivity index (χ2v) is 18.4. The largest absolute Gasteiger partial charge is 0.493 e. The lowest BCUT2D eigenvalue weighted by Gasteiger charge is -2.42. The summed E-state index contributed by atoms with van der Waals surface area (Å²) >= 11 is 0. The first-order chi connectivity index (χ1) is 23.8. The van der Waals surface area contributed by atoms with E-state index in [1.54, 1.807) is 33.0 Å². The number of hydrogen-bond acceptors (Lipinski definition) is 10. The predicted octanol–water partition coefficient (Wildman–Crippen LogP) is 3.99. The molecule has 2 aliphatic heterocycles. The molecule has 51 heavy (non-hydrogen) atoms. The lowest BCUT2D eigenvalue weighted by Crippen LogP contribution is -2.61. The standard InChI is InChI=1S/C37H51N5O8S/c1-9-22-19-37(22,33(44)41-51(46,47)24-10-11-24)40-31(43)28-18-23(49-32-27-12-13-29-26(15-17-48-29)25(27)14-16-38-32)20-42(28)21(2)30(35(3,4)5)39-34(45)50-36(6,7)8/h9,12-14,16,21-24,28,30H,1,10-11,15,17-20H2,2-8H3,(H,39,45)(H,40,43)(H,41,44)/t21?,22-,23-,28+,30-,37-/m1/s1. The zero-order chi connectivity index (χ0) is 37.1. The Labute approximate surface area is 300 Å². The SMILES string of the molecule is C=C[C@@H]1C[C@]1(NC(=O)[C@@H]1C[C@@H](Oc2nccc3c4c(ccc23)OCC4)CN1C(C)[C@@H](NC(=O)OC(C)(C)C)C(C)(C)C)C(=O)NS(=O)(=O)C1CC1. The molecule has 2 aliphatic carbocycles. The molecule has 6 atom stereocenters. The number of nitrogens with zero attached hydrogens (tertiary/aromatic N) is 2. The van der Waals surface area contributed by atoms with E-state index in [1.165, 1.54) is 0 Å². The molecule has 14 heteroatoms. The highest BCUT2D eigenvalue weighted by Gasteiger charge is 2.62. The van der Waals surface area contributed by atoms with Crippen LogP contribution in [-0.4, -0.2) is 90.0 Å². The third-order valence-electron chi connectivity index (χ3n) is 10.3. The maximum absolute atomic E-state index is 14.4. The van der Waals surface area contributed by atoms with Gasteiger partial charge in [0.2, 0.25) is 21.8 Å². The summed E-state index contributed by atoms with van der Waals surface area (Å²) in [5, 5.41) is 7.24. The van der Waals surface area contributed by atoms with E-state index in [9.17, 15) is 22.8 Å². The lowest BCUT2D eigenvalue weighted by atomic mass is 9.82. The number of nitrogens with one attached hydrogen (secondary N) is 3. The molecule has 3 fully saturated rings. The first-order valence-corrected chi connectivity index (χ1v) is 19.3. The number of likely N-dealkylation sites (tertiary alicyclic amines) is 1. The second-order valence-electron chi connectivity index (χ2n) is 16.5. The van der Waals surface area contributed by atoms with Crippen LogP contribution in [0.1, 0.15) is 79.7 Å². The summed E-state index contributed by atoms with van der Waals surface area (Å²) in [6.45, 7) is 18.1. The molecule has 2 aromatic rings. The van der Waals surface area contributed by atoms with E-state index in [0.717, 1.165) is 28.5 Å². The van der Waals surface area contributed by atoms with Crippen LogP contribution in [0, 0.1) is 11.3 Å². The quantitative estimate of drug-likeness (QED) is 0.289. The zero-order valence-electron chi connectivity index (χ0n) is 30.6. The first kappa shape index (κ1) is 36.9. The fourth-order valence-corrected chi connectivity index (χ4v) is 8.86. The molecule has 0 bridgehead atoms. The second kappa shape index (κ2) is 13.3. The van der Waals surface area contributed by atoms with Crippen molar-refractivity contribution in [1.29, 1.82) is 0 Å². The van der Waals surface area contributed by atoms with Crippen molar-refractivity contribution >= 4 is 38.7 Å². The number of fused-ring (bicyclic) bond motifs is 3. The summed E-state index contributed by atoms with van der Waals surface area (Å²) in [6.07, 6.45) is 4.48. The zero-order valence-corrected chi connectivity index (χ0v) is 31.4. The summed E-state index contributed by atoms with van der Waals surface area (Å²) in [6, 6.07) is 4.14. The number of pyridine rings is 1.